The first-order valence-corrected chi connectivity index (χ1v) is 7.76. The molecule has 0 aliphatic carbocycles. The van der Waals surface area contributed by atoms with Crippen molar-refractivity contribution in [2.45, 2.75) is 39.7 Å². The second-order valence-corrected chi connectivity index (χ2v) is 6.01. The van der Waals surface area contributed by atoms with Crippen LogP contribution in [0.3, 0.4) is 0 Å². The summed E-state index contributed by atoms with van der Waals surface area (Å²) in [6, 6.07) is 6.36. The number of rotatable bonds is 5. The van der Waals surface area contributed by atoms with Crippen LogP contribution >= 0.6 is 12.4 Å². The summed E-state index contributed by atoms with van der Waals surface area (Å²) in [5.74, 6) is 1.48. The molecule has 22 heavy (non-hydrogen) atoms. The molecule has 1 aliphatic rings. The Morgan fingerprint density at radius 3 is 2.91 bits per heavy atom. The zero-order valence-electron chi connectivity index (χ0n) is 13.6. The fraction of sp³-hybridized carbons (Fsp3) is 0.588. The fourth-order valence-corrected chi connectivity index (χ4v) is 2.58. The lowest BCUT2D eigenvalue weighted by molar-refractivity contribution is -0.122. The highest BCUT2D eigenvalue weighted by atomic mass is 35.5. The van der Waals surface area contributed by atoms with Crippen molar-refractivity contribution < 1.29 is 9.53 Å². The monoisotopic (exact) mass is 326 g/mol. The summed E-state index contributed by atoms with van der Waals surface area (Å²) in [6.45, 7) is 8.58. The first-order valence-electron chi connectivity index (χ1n) is 7.76. The van der Waals surface area contributed by atoms with Gasteiger partial charge in [-0.25, -0.2) is 0 Å². The van der Waals surface area contributed by atoms with Gasteiger partial charge in [-0.05, 0) is 49.9 Å². The van der Waals surface area contributed by atoms with Crippen LogP contribution in [0.15, 0.2) is 18.2 Å². The van der Waals surface area contributed by atoms with Crippen molar-refractivity contribution in [3.8, 4) is 5.75 Å². The van der Waals surface area contributed by atoms with Gasteiger partial charge in [-0.1, -0.05) is 19.1 Å². The van der Waals surface area contributed by atoms with Gasteiger partial charge in [-0.15, -0.1) is 12.4 Å². The maximum atomic E-state index is 12.0. The Morgan fingerprint density at radius 1 is 1.41 bits per heavy atom. The fourth-order valence-electron chi connectivity index (χ4n) is 2.58. The zero-order valence-corrected chi connectivity index (χ0v) is 14.5. The first kappa shape index (κ1) is 18.8. The molecule has 2 unspecified atom stereocenters. The van der Waals surface area contributed by atoms with Crippen LogP contribution in [-0.2, 0) is 4.79 Å². The molecule has 1 aromatic rings. The number of benzene rings is 1. The summed E-state index contributed by atoms with van der Waals surface area (Å²) in [6.07, 6.45) is 1.51. The number of halogens is 1. The highest BCUT2D eigenvalue weighted by Crippen LogP contribution is 2.19. The Bertz CT molecular complexity index is 494. The van der Waals surface area contributed by atoms with Gasteiger partial charge in [0.15, 0.2) is 0 Å². The Balaban J connectivity index is 0.00000242. The SMILES string of the molecule is Cc1ccc(C)c(OCCC(=O)NC2CNCCC2C)c1.Cl. The Morgan fingerprint density at radius 2 is 2.18 bits per heavy atom. The van der Waals surface area contributed by atoms with Gasteiger partial charge in [0.2, 0.25) is 5.91 Å². The molecule has 1 saturated heterocycles. The molecule has 0 radical (unpaired) electrons. The molecule has 1 fully saturated rings. The van der Waals surface area contributed by atoms with Crippen molar-refractivity contribution in [2.75, 3.05) is 19.7 Å². The zero-order chi connectivity index (χ0) is 15.2. The lowest BCUT2D eigenvalue weighted by Gasteiger charge is -2.30. The van der Waals surface area contributed by atoms with E-state index >= 15 is 0 Å². The van der Waals surface area contributed by atoms with Crippen LogP contribution in [0.4, 0.5) is 0 Å². The predicted molar refractivity (Wildman–Crippen MR) is 91.9 cm³/mol. The lowest BCUT2D eigenvalue weighted by Crippen LogP contribution is -2.50. The molecule has 0 aromatic heterocycles. The quantitative estimate of drug-likeness (QED) is 0.874. The average Bonchev–Trinajstić information content (AvgIpc) is 2.45. The molecule has 0 spiro atoms. The van der Waals surface area contributed by atoms with Crippen molar-refractivity contribution in [3.05, 3.63) is 29.3 Å². The van der Waals surface area contributed by atoms with Gasteiger partial charge in [0.25, 0.3) is 0 Å². The molecular weight excluding hydrogens is 300 g/mol. The highest BCUT2D eigenvalue weighted by Gasteiger charge is 2.22. The average molecular weight is 327 g/mol. The molecule has 0 bridgehead atoms. The second-order valence-electron chi connectivity index (χ2n) is 6.01. The number of piperidine rings is 1. The van der Waals surface area contributed by atoms with E-state index in [9.17, 15) is 4.79 Å². The maximum Gasteiger partial charge on any atom is 0.223 e. The van der Waals surface area contributed by atoms with E-state index in [0.717, 1.165) is 30.8 Å². The highest BCUT2D eigenvalue weighted by molar-refractivity contribution is 5.85. The Kier molecular flexibility index (Phi) is 7.69. The van der Waals surface area contributed by atoms with E-state index in [1.807, 2.05) is 26.0 Å². The molecule has 1 heterocycles. The number of ether oxygens (including phenoxy) is 1. The van der Waals surface area contributed by atoms with Crippen molar-refractivity contribution in [1.29, 1.82) is 0 Å². The summed E-state index contributed by atoms with van der Waals surface area (Å²) in [4.78, 5) is 12.0. The van der Waals surface area contributed by atoms with Crippen LogP contribution in [0.25, 0.3) is 0 Å². The minimum Gasteiger partial charge on any atom is -0.493 e. The number of amides is 1. The van der Waals surface area contributed by atoms with Crippen LogP contribution in [0, 0.1) is 19.8 Å². The second kappa shape index (κ2) is 9.01. The number of aryl methyl sites for hydroxylation is 2. The van der Waals surface area contributed by atoms with Gasteiger partial charge < -0.3 is 15.4 Å². The predicted octanol–water partition coefficient (Wildman–Crippen LogP) is 2.61. The number of hydrogen-bond donors (Lipinski definition) is 2. The smallest absolute Gasteiger partial charge is 0.223 e. The molecule has 124 valence electrons. The third-order valence-electron chi connectivity index (χ3n) is 4.10. The summed E-state index contributed by atoms with van der Waals surface area (Å²) >= 11 is 0. The minimum absolute atomic E-state index is 0. The van der Waals surface area contributed by atoms with E-state index in [-0.39, 0.29) is 24.4 Å². The number of carbonyl (C=O) groups excluding carboxylic acids is 1. The first-order chi connectivity index (χ1) is 10.1. The largest absolute Gasteiger partial charge is 0.493 e. The van der Waals surface area contributed by atoms with Gasteiger partial charge in [0.05, 0.1) is 13.0 Å². The summed E-state index contributed by atoms with van der Waals surface area (Å²) in [5.41, 5.74) is 2.27. The molecule has 1 aromatic carbocycles. The third-order valence-corrected chi connectivity index (χ3v) is 4.10. The van der Waals surface area contributed by atoms with Crippen molar-refractivity contribution in [2.24, 2.45) is 5.92 Å². The van der Waals surface area contributed by atoms with Crippen LogP contribution in [0.2, 0.25) is 0 Å². The molecule has 2 rings (SSSR count). The molecule has 5 heteroatoms. The van der Waals surface area contributed by atoms with E-state index in [1.54, 1.807) is 0 Å². The molecular formula is C17H27ClN2O2. The van der Waals surface area contributed by atoms with E-state index < -0.39 is 0 Å². The Hall–Kier alpha value is -1.26. The number of nitrogens with one attached hydrogen (secondary N) is 2. The van der Waals surface area contributed by atoms with Crippen molar-refractivity contribution in [3.63, 3.8) is 0 Å². The van der Waals surface area contributed by atoms with E-state index in [4.69, 9.17) is 4.74 Å². The Labute approximate surface area is 139 Å². The summed E-state index contributed by atoms with van der Waals surface area (Å²) < 4.78 is 5.73. The number of carbonyl (C=O) groups is 1. The molecule has 2 atom stereocenters. The standard InChI is InChI=1S/C17H26N2O2.ClH/c1-12-4-5-14(3)16(10-12)21-9-7-17(20)19-15-11-18-8-6-13(15)2;/h4-5,10,13,15,18H,6-9,11H2,1-3H3,(H,19,20);1H. The molecule has 4 nitrogen and oxygen atoms in total. The van der Waals surface area contributed by atoms with Crippen LogP contribution in [-0.4, -0.2) is 31.6 Å². The van der Waals surface area contributed by atoms with Crippen molar-refractivity contribution in [1.82, 2.24) is 10.6 Å². The molecule has 2 N–H and O–H groups in total. The lowest BCUT2D eigenvalue weighted by atomic mass is 9.95. The third kappa shape index (κ3) is 5.50. The maximum absolute atomic E-state index is 12.0. The van der Waals surface area contributed by atoms with Gasteiger partial charge >= 0.3 is 0 Å². The van der Waals surface area contributed by atoms with E-state index in [1.165, 1.54) is 5.56 Å². The summed E-state index contributed by atoms with van der Waals surface area (Å²) in [5, 5.41) is 6.42. The van der Waals surface area contributed by atoms with E-state index in [2.05, 4.69) is 23.6 Å². The van der Waals surface area contributed by atoms with Crippen LogP contribution in [0.1, 0.15) is 30.9 Å². The topological polar surface area (TPSA) is 50.4 Å². The van der Waals surface area contributed by atoms with Gasteiger partial charge in [-0.3, -0.25) is 4.79 Å². The number of hydrogen-bond acceptors (Lipinski definition) is 3. The van der Waals surface area contributed by atoms with Crippen molar-refractivity contribution >= 4 is 18.3 Å². The molecule has 0 saturated carbocycles. The molecule has 1 aliphatic heterocycles. The van der Waals surface area contributed by atoms with Gasteiger partial charge in [0.1, 0.15) is 5.75 Å². The minimum atomic E-state index is 0. The normalized spacial score (nSPS) is 20.9. The summed E-state index contributed by atoms with van der Waals surface area (Å²) in [7, 11) is 0. The van der Waals surface area contributed by atoms with Crippen LogP contribution in [0.5, 0.6) is 5.75 Å². The molecule has 1 amide bonds. The van der Waals surface area contributed by atoms with E-state index in [0.29, 0.717) is 18.9 Å². The van der Waals surface area contributed by atoms with Gasteiger partial charge in [-0.2, -0.15) is 0 Å². The van der Waals surface area contributed by atoms with Crippen LogP contribution < -0.4 is 15.4 Å². The van der Waals surface area contributed by atoms with Gasteiger partial charge in [0, 0.05) is 12.6 Å².